The summed E-state index contributed by atoms with van der Waals surface area (Å²) in [5, 5.41) is 0. The minimum absolute atomic E-state index is 1.32. The molecule has 0 saturated heterocycles. The third-order valence-electron chi connectivity index (χ3n) is 1.51. The third kappa shape index (κ3) is 1.55. The van der Waals surface area contributed by atoms with Gasteiger partial charge in [-0.25, -0.2) is 0 Å². The number of hydrogen-bond donors (Lipinski definition) is 0. The monoisotopic (exact) mass is 128 g/mol. The van der Waals surface area contributed by atoms with E-state index in [2.05, 4.69) is 12.3 Å². The smallest absolute Gasteiger partial charge is 0.0140 e. The Kier molecular flexibility index (Phi) is 2.47. The van der Waals surface area contributed by atoms with E-state index in [-0.39, 0.29) is 0 Å². The van der Waals surface area contributed by atoms with Gasteiger partial charge in [0.25, 0.3) is 0 Å². The lowest BCUT2D eigenvalue weighted by Crippen LogP contribution is -1.85. The highest BCUT2D eigenvalue weighted by Gasteiger charge is 1.99. The Morgan fingerprint density at radius 2 is 2.38 bits per heavy atom. The summed E-state index contributed by atoms with van der Waals surface area (Å²) in [6, 6.07) is 0. The molecule has 0 aromatic carbocycles. The van der Waals surface area contributed by atoms with Crippen LogP contribution in [-0.2, 0) is 0 Å². The first-order chi connectivity index (χ1) is 3.93. The molecule has 0 unspecified atom stereocenters. The molecule has 1 heteroatoms. The molecule has 0 aromatic heterocycles. The fourth-order valence-electron chi connectivity index (χ4n) is 0.994. The average molecular weight is 128 g/mol. The maximum atomic E-state index is 2.37. The van der Waals surface area contributed by atoms with Gasteiger partial charge in [0.2, 0.25) is 0 Å². The normalized spacial score (nSPS) is 20.4. The Labute approximate surface area is 55.4 Å². The topological polar surface area (TPSA) is 0 Å². The van der Waals surface area contributed by atoms with Crippen molar-refractivity contribution in [1.29, 1.82) is 0 Å². The van der Waals surface area contributed by atoms with Crippen LogP contribution in [0.25, 0.3) is 0 Å². The molecule has 0 radical (unpaired) electrons. The second-order valence-electron chi connectivity index (χ2n) is 2.12. The van der Waals surface area contributed by atoms with Crippen molar-refractivity contribution < 1.29 is 0 Å². The molecule has 1 aliphatic rings. The maximum absolute atomic E-state index is 2.37. The molecular weight excluding hydrogens is 116 g/mol. The van der Waals surface area contributed by atoms with Crippen LogP contribution in [0.3, 0.4) is 0 Å². The molecule has 1 aliphatic carbocycles. The molecule has 0 amide bonds. The Bertz CT molecular complexity index is 94.6. The van der Waals surface area contributed by atoms with Crippen LogP contribution in [0.15, 0.2) is 11.0 Å². The fourth-order valence-corrected chi connectivity index (χ4v) is 1.63. The summed E-state index contributed by atoms with van der Waals surface area (Å²) in [7, 11) is 0. The minimum Gasteiger partial charge on any atom is -0.134 e. The van der Waals surface area contributed by atoms with E-state index in [0.717, 1.165) is 0 Å². The van der Waals surface area contributed by atoms with Gasteiger partial charge in [0, 0.05) is 0 Å². The zero-order valence-corrected chi connectivity index (χ0v) is 6.13. The molecule has 0 saturated carbocycles. The van der Waals surface area contributed by atoms with E-state index < -0.39 is 0 Å². The lowest BCUT2D eigenvalue weighted by Gasteiger charge is -2.08. The molecule has 8 heavy (non-hydrogen) atoms. The molecule has 0 heterocycles. The fraction of sp³-hybridized carbons (Fsp3) is 0.714. The average Bonchev–Trinajstić information content (AvgIpc) is 1.90. The predicted molar refractivity (Wildman–Crippen MR) is 40.1 cm³/mol. The van der Waals surface area contributed by atoms with Crippen molar-refractivity contribution in [3.8, 4) is 0 Å². The van der Waals surface area contributed by atoms with E-state index >= 15 is 0 Å². The highest BCUT2D eigenvalue weighted by Crippen LogP contribution is 2.24. The lowest BCUT2D eigenvalue weighted by molar-refractivity contribution is 0.723. The van der Waals surface area contributed by atoms with E-state index in [9.17, 15) is 0 Å². The van der Waals surface area contributed by atoms with Crippen LogP contribution in [0.4, 0.5) is 0 Å². The third-order valence-corrected chi connectivity index (χ3v) is 2.41. The Morgan fingerprint density at radius 1 is 1.50 bits per heavy atom. The molecule has 0 atom stereocenters. The standard InChI is InChI=1S/C7H12S/c1-8-7-5-3-2-4-6-7/h5H,2-4,6H2,1H3. The largest absolute Gasteiger partial charge is 0.134 e. The zero-order valence-electron chi connectivity index (χ0n) is 5.31. The molecule has 0 aromatic rings. The SMILES string of the molecule is CSC1=CCCCC1. The van der Waals surface area contributed by atoms with Gasteiger partial charge >= 0.3 is 0 Å². The lowest BCUT2D eigenvalue weighted by atomic mass is 10.1. The van der Waals surface area contributed by atoms with Crippen LogP contribution >= 0.6 is 11.8 Å². The van der Waals surface area contributed by atoms with Crippen LogP contribution in [-0.4, -0.2) is 6.26 Å². The van der Waals surface area contributed by atoms with Crippen molar-refractivity contribution in [2.24, 2.45) is 0 Å². The van der Waals surface area contributed by atoms with E-state index in [4.69, 9.17) is 0 Å². The van der Waals surface area contributed by atoms with Gasteiger partial charge in [-0.2, -0.15) is 0 Å². The molecule has 0 fully saturated rings. The Hall–Kier alpha value is 0.0900. The van der Waals surface area contributed by atoms with Crippen molar-refractivity contribution in [1.82, 2.24) is 0 Å². The Morgan fingerprint density at radius 3 is 2.75 bits per heavy atom. The van der Waals surface area contributed by atoms with Gasteiger partial charge in [-0.1, -0.05) is 6.08 Å². The van der Waals surface area contributed by atoms with Gasteiger partial charge in [-0.05, 0) is 36.8 Å². The van der Waals surface area contributed by atoms with Crippen molar-refractivity contribution in [2.45, 2.75) is 25.7 Å². The molecule has 0 nitrogen and oxygen atoms in total. The quantitative estimate of drug-likeness (QED) is 0.523. The minimum atomic E-state index is 1.32. The maximum Gasteiger partial charge on any atom is -0.0140 e. The van der Waals surface area contributed by atoms with E-state index in [1.54, 1.807) is 4.91 Å². The number of rotatable bonds is 1. The number of hydrogen-bond acceptors (Lipinski definition) is 1. The van der Waals surface area contributed by atoms with Gasteiger partial charge < -0.3 is 0 Å². The summed E-state index contributed by atoms with van der Waals surface area (Å²) >= 11 is 1.91. The predicted octanol–water partition coefficient (Wildman–Crippen LogP) is 2.81. The van der Waals surface area contributed by atoms with Gasteiger partial charge in [0.05, 0.1) is 0 Å². The molecule has 46 valence electrons. The summed E-state index contributed by atoms with van der Waals surface area (Å²) in [5.41, 5.74) is 0. The van der Waals surface area contributed by atoms with Crippen molar-refractivity contribution in [2.75, 3.05) is 6.26 Å². The van der Waals surface area contributed by atoms with Crippen molar-refractivity contribution in [3.63, 3.8) is 0 Å². The first-order valence-electron chi connectivity index (χ1n) is 3.16. The molecule has 0 N–H and O–H groups in total. The number of allylic oxidation sites excluding steroid dienone is 2. The van der Waals surface area contributed by atoms with Crippen LogP contribution in [0.1, 0.15) is 25.7 Å². The first kappa shape index (κ1) is 6.21. The van der Waals surface area contributed by atoms with Crippen LogP contribution in [0.5, 0.6) is 0 Å². The highest BCUT2D eigenvalue weighted by molar-refractivity contribution is 8.02. The van der Waals surface area contributed by atoms with Crippen LogP contribution < -0.4 is 0 Å². The molecule has 0 spiro atoms. The molecule has 1 rings (SSSR count). The first-order valence-corrected chi connectivity index (χ1v) is 4.39. The van der Waals surface area contributed by atoms with Gasteiger partial charge in [-0.15, -0.1) is 11.8 Å². The molecule has 0 aliphatic heterocycles. The van der Waals surface area contributed by atoms with Crippen LogP contribution in [0, 0.1) is 0 Å². The van der Waals surface area contributed by atoms with Crippen LogP contribution in [0.2, 0.25) is 0 Å². The van der Waals surface area contributed by atoms with E-state index in [1.165, 1.54) is 25.7 Å². The molecular formula is C7H12S. The summed E-state index contributed by atoms with van der Waals surface area (Å²) in [6.07, 6.45) is 10.00. The Balaban J connectivity index is 2.37. The second kappa shape index (κ2) is 3.18. The number of thioether (sulfide) groups is 1. The zero-order chi connectivity index (χ0) is 5.82. The van der Waals surface area contributed by atoms with E-state index in [1.807, 2.05) is 11.8 Å². The van der Waals surface area contributed by atoms with Gasteiger partial charge in [0.15, 0.2) is 0 Å². The molecule has 0 bridgehead atoms. The summed E-state index contributed by atoms with van der Waals surface area (Å²) in [5.74, 6) is 0. The van der Waals surface area contributed by atoms with Crippen molar-refractivity contribution >= 4 is 11.8 Å². The summed E-state index contributed by atoms with van der Waals surface area (Å²) < 4.78 is 0. The highest BCUT2D eigenvalue weighted by atomic mass is 32.2. The second-order valence-corrected chi connectivity index (χ2v) is 3.05. The summed E-state index contributed by atoms with van der Waals surface area (Å²) in [4.78, 5) is 1.59. The van der Waals surface area contributed by atoms with Gasteiger partial charge in [0.1, 0.15) is 0 Å². The van der Waals surface area contributed by atoms with Gasteiger partial charge in [-0.3, -0.25) is 0 Å². The van der Waals surface area contributed by atoms with Crippen molar-refractivity contribution in [3.05, 3.63) is 11.0 Å². The summed E-state index contributed by atoms with van der Waals surface area (Å²) in [6.45, 7) is 0. The van der Waals surface area contributed by atoms with E-state index in [0.29, 0.717) is 0 Å².